The fourth-order valence-electron chi connectivity index (χ4n) is 1.22. The van der Waals surface area contributed by atoms with Crippen LogP contribution in [0.1, 0.15) is 0 Å². The highest BCUT2D eigenvalue weighted by Crippen LogP contribution is 2.25. The van der Waals surface area contributed by atoms with Crippen LogP contribution in [0.3, 0.4) is 0 Å². The first-order valence-corrected chi connectivity index (χ1v) is 5.30. The Kier molecular flexibility index (Phi) is 5.41. The van der Waals surface area contributed by atoms with Gasteiger partial charge in [-0.1, -0.05) is 0 Å². The Labute approximate surface area is 108 Å². The van der Waals surface area contributed by atoms with Gasteiger partial charge >= 0.3 is 5.69 Å². The summed E-state index contributed by atoms with van der Waals surface area (Å²) < 4.78 is 4.76. The molecular formula is C9H14N6O4. The summed E-state index contributed by atoms with van der Waals surface area (Å²) in [5.74, 6) is -0.704. The molecule has 0 saturated heterocycles. The Hall–Kier alpha value is -2.49. The third-order valence-corrected chi connectivity index (χ3v) is 2.08. The zero-order chi connectivity index (χ0) is 14.3. The molecule has 0 fully saturated rings. The van der Waals surface area contributed by atoms with Crippen molar-refractivity contribution in [1.29, 1.82) is 0 Å². The van der Waals surface area contributed by atoms with Gasteiger partial charge in [0.25, 0.3) is 0 Å². The molecule has 10 heteroatoms. The molecule has 0 atom stereocenters. The summed E-state index contributed by atoms with van der Waals surface area (Å²) in [5.41, 5.74) is 4.93. The van der Waals surface area contributed by atoms with Gasteiger partial charge in [0.05, 0.1) is 18.1 Å². The maximum Gasteiger partial charge on any atom is 0.352 e. The third-order valence-electron chi connectivity index (χ3n) is 2.08. The summed E-state index contributed by atoms with van der Waals surface area (Å²) in [7, 11) is 1.51. The highest BCUT2D eigenvalue weighted by Gasteiger charge is 2.20. The van der Waals surface area contributed by atoms with Gasteiger partial charge in [-0.25, -0.2) is 9.97 Å². The molecule has 4 N–H and O–H groups in total. The number of hydrogen-bond acceptors (Lipinski definition) is 8. The average Bonchev–Trinajstić information content (AvgIpc) is 2.36. The number of amides is 1. The Morgan fingerprint density at radius 1 is 1.58 bits per heavy atom. The molecule has 0 radical (unpaired) electrons. The first-order valence-electron chi connectivity index (χ1n) is 5.30. The van der Waals surface area contributed by atoms with Gasteiger partial charge in [0.1, 0.15) is 6.33 Å². The summed E-state index contributed by atoms with van der Waals surface area (Å²) >= 11 is 0. The van der Waals surface area contributed by atoms with Crippen LogP contribution < -0.4 is 16.4 Å². The molecule has 10 nitrogen and oxygen atoms in total. The molecule has 1 aromatic heterocycles. The smallest absolute Gasteiger partial charge is 0.352 e. The minimum absolute atomic E-state index is 0.0978. The number of methoxy groups -OCH3 is 1. The second-order valence-corrected chi connectivity index (χ2v) is 3.41. The SMILES string of the molecule is COCCNC(=O)CNc1ncnc(N)c1[N+](=O)[O-]. The molecule has 0 spiro atoms. The molecule has 0 aliphatic rings. The minimum atomic E-state index is -0.708. The Morgan fingerprint density at radius 2 is 2.32 bits per heavy atom. The molecule has 19 heavy (non-hydrogen) atoms. The largest absolute Gasteiger partial charge is 0.383 e. The van der Waals surface area contributed by atoms with E-state index in [4.69, 9.17) is 10.5 Å². The van der Waals surface area contributed by atoms with Gasteiger partial charge < -0.3 is 21.1 Å². The van der Waals surface area contributed by atoms with Crippen LogP contribution in [0, 0.1) is 10.1 Å². The number of anilines is 2. The predicted octanol–water partition coefficient (Wildman–Crippen LogP) is -0.858. The van der Waals surface area contributed by atoms with Crippen LogP contribution in [0.4, 0.5) is 17.3 Å². The molecule has 0 aromatic carbocycles. The summed E-state index contributed by atoms with van der Waals surface area (Å²) in [4.78, 5) is 28.7. The summed E-state index contributed by atoms with van der Waals surface area (Å²) in [6.45, 7) is 0.568. The second-order valence-electron chi connectivity index (χ2n) is 3.41. The van der Waals surface area contributed by atoms with Crippen molar-refractivity contribution < 1.29 is 14.5 Å². The minimum Gasteiger partial charge on any atom is -0.383 e. The zero-order valence-electron chi connectivity index (χ0n) is 10.3. The lowest BCUT2D eigenvalue weighted by molar-refractivity contribution is -0.383. The molecule has 104 valence electrons. The normalized spacial score (nSPS) is 9.95. The first-order chi connectivity index (χ1) is 9.06. The number of nitrogen functional groups attached to an aromatic ring is 1. The number of nitrogens with zero attached hydrogens (tertiary/aromatic N) is 3. The van der Waals surface area contributed by atoms with Gasteiger partial charge in [-0.15, -0.1) is 0 Å². The molecule has 0 saturated carbocycles. The van der Waals surface area contributed by atoms with E-state index in [2.05, 4.69) is 20.6 Å². The fourth-order valence-corrected chi connectivity index (χ4v) is 1.22. The Bertz CT molecular complexity index is 466. The highest BCUT2D eigenvalue weighted by atomic mass is 16.6. The van der Waals surface area contributed by atoms with E-state index in [9.17, 15) is 14.9 Å². The number of rotatable bonds is 7. The fraction of sp³-hybridized carbons (Fsp3) is 0.444. The number of nitro groups is 1. The average molecular weight is 270 g/mol. The molecule has 0 aliphatic heterocycles. The molecule has 1 rings (SSSR count). The number of carbonyl (C=O) groups is 1. The van der Waals surface area contributed by atoms with Crippen LogP contribution in [0.5, 0.6) is 0 Å². The van der Waals surface area contributed by atoms with Gasteiger partial charge in [-0.05, 0) is 0 Å². The predicted molar refractivity (Wildman–Crippen MR) is 66.5 cm³/mol. The standard InChI is InChI=1S/C9H14N6O4/c1-19-3-2-11-6(16)4-12-9-7(15(17)18)8(10)13-5-14-9/h5H,2-4H2,1H3,(H,11,16)(H3,10,12,13,14). The number of nitrogens with one attached hydrogen (secondary N) is 2. The molecule has 1 heterocycles. The Balaban J connectivity index is 2.60. The van der Waals surface area contributed by atoms with Crippen molar-refractivity contribution in [2.45, 2.75) is 0 Å². The summed E-state index contributed by atoms with van der Waals surface area (Å²) in [6, 6.07) is 0. The molecule has 1 aromatic rings. The van der Waals surface area contributed by atoms with Crippen molar-refractivity contribution in [2.24, 2.45) is 0 Å². The van der Waals surface area contributed by atoms with Gasteiger partial charge in [0, 0.05) is 13.7 Å². The molecule has 0 bridgehead atoms. The van der Waals surface area contributed by atoms with E-state index in [0.29, 0.717) is 13.2 Å². The number of ether oxygens (including phenoxy) is 1. The lowest BCUT2D eigenvalue weighted by atomic mass is 10.4. The van der Waals surface area contributed by atoms with E-state index in [1.54, 1.807) is 0 Å². The topological polar surface area (TPSA) is 145 Å². The third kappa shape index (κ3) is 4.35. The molecule has 0 unspecified atom stereocenters. The number of aromatic nitrogens is 2. The van der Waals surface area contributed by atoms with E-state index in [1.165, 1.54) is 7.11 Å². The van der Waals surface area contributed by atoms with Crippen molar-refractivity contribution in [3.05, 3.63) is 16.4 Å². The van der Waals surface area contributed by atoms with Gasteiger partial charge in [0.2, 0.25) is 17.5 Å². The quantitative estimate of drug-likeness (QED) is 0.329. The first kappa shape index (κ1) is 14.6. The Morgan fingerprint density at radius 3 is 2.95 bits per heavy atom. The van der Waals surface area contributed by atoms with Crippen molar-refractivity contribution in [3.8, 4) is 0 Å². The van der Waals surface area contributed by atoms with Crippen molar-refractivity contribution >= 4 is 23.2 Å². The lowest BCUT2D eigenvalue weighted by Crippen LogP contribution is -2.32. The second kappa shape index (κ2) is 7.06. The van der Waals surface area contributed by atoms with E-state index >= 15 is 0 Å². The van der Waals surface area contributed by atoms with E-state index in [0.717, 1.165) is 6.33 Å². The van der Waals surface area contributed by atoms with Gasteiger partial charge in [-0.2, -0.15) is 0 Å². The zero-order valence-corrected chi connectivity index (χ0v) is 10.3. The van der Waals surface area contributed by atoms with Gasteiger partial charge in [0.15, 0.2) is 0 Å². The summed E-state index contributed by atoms with van der Waals surface area (Å²) in [6.07, 6.45) is 1.08. The van der Waals surface area contributed by atoms with Crippen LogP contribution >= 0.6 is 0 Å². The van der Waals surface area contributed by atoms with Crippen LogP contribution in [0.25, 0.3) is 0 Å². The van der Waals surface area contributed by atoms with E-state index < -0.39 is 10.6 Å². The van der Waals surface area contributed by atoms with Gasteiger partial charge in [-0.3, -0.25) is 14.9 Å². The maximum atomic E-state index is 11.4. The van der Waals surface area contributed by atoms with E-state index in [1.807, 2.05) is 0 Å². The lowest BCUT2D eigenvalue weighted by Gasteiger charge is -2.07. The van der Waals surface area contributed by atoms with Crippen LogP contribution in [0.2, 0.25) is 0 Å². The molecular weight excluding hydrogens is 256 g/mol. The van der Waals surface area contributed by atoms with Crippen LogP contribution in [0.15, 0.2) is 6.33 Å². The number of carbonyl (C=O) groups excluding carboxylic acids is 1. The monoisotopic (exact) mass is 270 g/mol. The number of hydrogen-bond donors (Lipinski definition) is 3. The van der Waals surface area contributed by atoms with E-state index in [-0.39, 0.29) is 24.1 Å². The maximum absolute atomic E-state index is 11.4. The molecule has 0 aliphatic carbocycles. The van der Waals surface area contributed by atoms with Crippen molar-refractivity contribution in [1.82, 2.24) is 15.3 Å². The molecule has 1 amide bonds. The summed E-state index contributed by atoms with van der Waals surface area (Å²) in [5, 5.41) is 15.9. The number of nitrogens with two attached hydrogens (primary N) is 1. The van der Waals surface area contributed by atoms with Crippen LogP contribution in [-0.2, 0) is 9.53 Å². The van der Waals surface area contributed by atoms with Crippen LogP contribution in [-0.4, -0.2) is 47.6 Å². The highest BCUT2D eigenvalue weighted by molar-refractivity contribution is 5.81. The van der Waals surface area contributed by atoms with Crippen molar-refractivity contribution in [2.75, 3.05) is 37.9 Å². The van der Waals surface area contributed by atoms with Crippen molar-refractivity contribution in [3.63, 3.8) is 0 Å².